The number of phenolic OH excluding ortho intramolecular Hbond substituents is 1. The van der Waals surface area contributed by atoms with E-state index in [-0.39, 0.29) is 11.4 Å². The zero-order valence-electron chi connectivity index (χ0n) is 9.96. The van der Waals surface area contributed by atoms with Crippen LogP contribution in [-0.2, 0) is 0 Å². The molecule has 1 N–H and O–H groups in total. The average Bonchev–Trinajstić information content (AvgIpc) is 2.40. The molecule has 0 spiro atoms. The maximum Gasteiger partial charge on any atom is 0.311 e. The van der Waals surface area contributed by atoms with Crippen LogP contribution in [0.4, 0.5) is 5.69 Å². The molecule has 0 saturated carbocycles. The molecule has 2 aromatic rings. The second-order valence-electron chi connectivity index (χ2n) is 3.81. The SMILES string of the molecule is COc1ccc(Cl)c(-c2ccc(O)c([N+](=O)[O-])c2)c1. The van der Waals surface area contributed by atoms with Gasteiger partial charge in [-0.25, -0.2) is 0 Å². The number of benzene rings is 2. The first-order valence-electron chi connectivity index (χ1n) is 5.34. The second-order valence-corrected chi connectivity index (χ2v) is 4.21. The third-order valence-corrected chi connectivity index (χ3v) is 2.99. The van der Waals surface area contributed by atoms with E-state index < -0.39 is 4.92 Å². The summed E-state index contributed by atoms with van der Waals surface area (Å²) in [7, 11) is 1.52. The topological polar surface area (TPSA) is 72.6 Å². The predicted molar refractivity (Wildman–Crippen MR) is 71.8 cm³/mol. The number of rotatable bonds is 3. The normalized spacial score (nSPS) is 10.2. The van der Waals surface area contributed by atoms with Crippen LogP contribution in [0, 0.1) is 10.1 Å². The number of methoxy groups -OCH3 is 1. The second kappa shape index (κ2) is 5.16. The number of nitro groups is 1. The van der Waals surface area contributed by atoms with E-state index in [1.54, 1.807) is 24.3 Å². The Balaban J connectivity index is 2.59. The summed E-state index contributed by atoms with van der Waals surface area (Å²) in [6.45, 7) is 0. The van der Waals surface area contributed by atoms with Crippen LogP contribution in [0.25, 0.3) is 11.1 Å². The zero-order chi connectivity index (χ0) is 14.0. The molecule has 98 valence electrons. The van der Waals surface area contributed by atoms with Gasteiger partial charge in [-0.2, -0.15) is 0 Å². The van der Waals surface area contributed by atoms with Crippen molar-refractivity contribution in [3.63, 3.8) is 0 Å². The highest BCUT2D eigenvalue weighted by molar-refractivity contribution is 6.33. The first-order valence-corrected chi connectivity index (χ1v) is 5.72. The number of aromatic hydroxyl groups is 1. The largest absolute Gasteiger partial charge is 0.502 e. The highest BCUT2D eigenvalue weighted by Crippen LogP contribution is 2.36. The highest BCUT2D eigenvalue weighted by atomic mass is 35.5. The lowest BCUT2D eigenvalue weighted by molar-refractivity contribution is -0.385. The number of hydrogen-bond donors (Lipinski definition) is 1. The molecule has 2 rings (SSSR count). The number of phenols is 1. The van der Waals surface area contributed by atoms with Gasteiger partial charge in [-0.1, -0.05) is 17.7 Å². The summed E-state index contributed by atoms with van der Waals surface area (Å²) >= 11 is 6.07. The number of hydrogen-bond acceptors (Lipinski definition) is 4. The molecule has 19 heavy (non-hydrogen) atoms. The molecule has 0 saturated heterocycles. The van der Waals surface area contributed by atoms with Crippen molar-refractivity contribution >= 4 is 17.3 Å². The van der Waals surface area contributed by atoms with Crippen molar-refractivity contribution in [2.24, 2.45) is 0 Å². The Morgan fingerprint density at radius 3 is 2.63 bits per heavy atom. The van der Waals surface area contributed by atoms with Crippen molar-refractivity contribution in [2.45, 2.75) is 0 Å². The van der Waals surface area contributed by atoms with Crippen LogP contribution in [0.15, 0.2) is 36.4 Å². The summed E-state index contributed by atoms with van der Waals surface area (Å²) in [5.74, 6) is 0.211. The molecule has 0 atom stereocenters. The summed E-state index contributed by atoms with van der Waals surface area (Å²) in [4.78, 5) is 10.2. The van der Waals surface area contributed by atoms with E-state index in [2.05, 4.69) is 0 Å². The van der Waals surface area contributed by atoms with Crippen molar-refractivity contribution < 1.29 is 14.8 Å². The Bertz CT molecular complexity index is 643. The Morgan fingerprint density at radius 1 is 1.26 bits per heavy atom. The van der Waals surface area contributed by atoms with Gasteiger partial charge >= 0.3 is 5.69 Å². The van der Waals surface area contributed by atoms with Gasteiger partial charge in [-0.15, -0.1) is 0 Å². The van der Waals surface area contributed by atoms with Gasteiger partial charge in [0, 0.05) is 16.7 Å². The molecule has 2 aromatic carbocycles. The number of ether oxygens (including phenoxy) is 1. The van der Waals surface area contributed by atoms with Crippen molar-refractivity contribution in [1.82, 2.24) is 0 Å². The third kappa shape index (κ3) is 2.61. The summed E-state index contributed by atoms with van der Waals surface area (Å²) in [6.07, 6.45) is 0. The standard InChI is InChI=1S/C13H10ClNO4/c1-19-9-3-4-11(14)10(7-9)8-2-5-13(16)12(6-8)15(17)18/h2-7,16H,1H3. The van der Waals surface area contributed by atoms with Crippen LogP contribution in [0.3, 0.4) is 0 Å². The zero-order valence-corrected chi connectivity index (χ0v) is 10.7. The molecule has 6 heteroatoms. The summed E-state index contributed by atoms with van der Waals surface area (Å²) < 4.78 is 5.09. The van der Waals surface area contributed by atoms with Crippen LogP contribution >= 0.6 is 11.6 Å². The quantitative estimate of drug-likeness (QED) is 0.688. The number of nitrogens with zero attached hydrogens (tertiary/aromatic N) is 1. The van der Waals surface area contributed by atoms with Gasteiger partial charge < -0.3 is 9.84 Å². The molecule has 0 unspecified atom stereocenters. The molecule has 0 aliphatic heterocycles. The van der Waals surface area contributed by atoms with Gasteiger partial charge in [-0.3, -0.25) is 10.1 Å². The molecule has 0 bridgehead atoms. The lowest BCUT2D eigenvalue weighted by Gasteiger charge is -2.07. The fourth-order valence-corrected chi connectivity index (χ4v) is 1.92. The van der Waals surface area contributed by atoms with Crippen LogP contribution in [0.2, 0.25) is 5.02 Å². The van der Waals surface area contributed by atoms with Gasteiger partial charge in [-0.05, 0) is 29.8 Å². The molecular weight excluding hydrogens is 270 g/mol. The summed E-state index contributed by atoms with van der Waals surface area (Å²) in [6, 6.07) is 9.12. The monoisotopic (exact) mass is 279 g/mol. The lowest BCUT2D eigenvalue weighted by Crippen LogP contribution is -1.90. The molecule has 0 aliphatic carbocycles. The van der Waals surface area contributed by atoms with Crippen LogP contribution in [0.5, 0.6) is 11.5 Å². The molecule has 0 aromatic heterocycles. The van der Waals surface area contributed by atoms with Crippen LogP contribution < -0.4 is 4.74 Å². The van der Waals surface area contributed by atoms with Gasteiger partial charge in [0.1, 0.15) is 5.75 Å². The summed E-state index contributed by atoms with van der Waals surface area (Å²) in [5, 5.41) is 20.7. The average molecular weight is 280 g/mol. The Hall–Kier alpha value is -2.27. The van der Waals surface area contributed by atoms with Crippen LogP contribution in [0.1, 0.15) is 0 Å². The predicted octanol–water partition coefficient (Wildman–Crippen LogP) is 3.63. The van der Waals surface area contributed by atoms with Gasteiger partial charge in [0.2, 0.25) is 0 Å². The molecular formula is C13H10ClNO4. The van der Waals surface area contributed by atoms with Gasteiger partial charge in [0.05, 0.1) is 12.0 Å². The number of halogens is 1. The van der Waals surface area contributed by atoms with E-state index in [4.69, 9.17) is 16.3 Å². The maximum absolute atomic E-state index is 10.8. The molecule has 5 nitrogen and oxygen atoms in total. The van der Waals surface area contributed by atoms with Crippen molar-refractivity contribution in [3.05, 3.63) is 51.5 Å². The Labute approximate surface area is 114 Å². The van der Waals surface area contributed by atoms with E-state index >= 15 is 0 Å². The van der Waals surface area contributed by atoms with Crippen molar-refractivity contribution in [2.75, 3.05) is 7.11 Å². The van der Waals surface area contributed by atoms with E-state index in [1.807, 2.05) is 0 Å². The summed E-state index contributed by atoms with van der Waals surface area (Å²) in [5.41, 5.74) is 0.772. The Morgan fingerprint density at radius 2 is 2.00 bits per heavy atom. The fraction of sp³-hybridized carbons (Fsp3) is 0.0769. The minimum absolute atomic E-state index is 0.364. The fourth-order valence-electron chi connectivity index (χ4n) is 1.69. The van der Waals surface area contributed by atoms with Crippen molar-refractivity contribution in [1.29, 1.82) is 0 Å². The van der Waals surface area contributed by atoms with Crippen molar-refractivity contribution in [3.8, 4) is 22.6 Å². The third-order valence-electron chi connectivity index (χ3n) is 2.66. The van der Waals surface area contributed by atoms with E-state index in [1.165, 1.54) is 19.2 Å². The first-order chi connectivity index (χ1) is 9.02. The lowest BCUT2D eigenvalue weighted by atomic mass is 10.0. The van der Waals surface area contributed by atoms with Crippen LogP contribution in [-0.4, -0.2) is 17.1 Å². The number of nitro benzene ring substituents is 1. The Kier molecular flexibility index (Phi) is 3.57. The van der Waals surface area contributed by atoms with E-state index in [0.29, 0.717) is 21.9 Å². The minimum atomic E-state index is -0.646. The highest BCUT2D eigenvalue weighted by Gasteiger charge is 2.15. The van der Waals surface area contributed by atoms with Gasteiger partial charge in [0.25, 0.3) is 0 Å². The molecule has 0 aliphatic rings. The molecule has 0 heterocycles. The van der Waals surface area contributed by atoms with E-state index in [9.17, 15) is 15.2 Å². The smallest absolute Gasteiger partial charge is 0.311 e. The maximum atomic E-state index is 10.8. The molecule has 0 amide bonds. The molecule has 0 radical (unpaired) electrons. The van der Waals surface area contributed by atoms with Gasteiger partial charge in [0.15, 0.2) is 5.75 Å². The van der Waals surface area contributed by atoms with E-state index in [0.717, 1.165) is 0 Å². The minimum Gasteiger partial charge on any atom is -0.502 e. The molecule has 0 fully saturated rings. The first kappa shape index (κ1) is 13.2.